The SMILES string of the molecule is CCC1C=C(C(C)(C)C)C=[C]1[Zr+2](=[C](c1ccc(C)cc1)c1ccc(C)cc1)[CH]1c2cc(C(C)(C)C)c(C(C)(C)C)cc2-c2cc(C(C)(C)C)c(C(C)(C)C)cc21.[Cl-].[Cl-]. The molecule has 4 aromatic carbocycles. The van der Waals surface area contributed by atoms with Crippen LogP contribution < -0.4 is 24.8 Å². The fourth-order valence-corrected chi connectivity index (χ4v) is 19.0. The summed E-state index contributed by atoms with van der Waals surface area (Å²) >= 11 is -3.07. The minimum Gasteiger partial charge on any atom is -1.00 e. The smallest absolute Gasteiger partial charge is 1.00 e. The molecule has 0 saturated heterocycles. The van der Waals surface area contributed by atoms with E-state index in [0.29, 0.717) is 9.54 Å². The summed E-state index contributed by atoms with van der Waals surface area (Å²) in [4.78, 5) is 0. The molecule has 0 saturated carbocycles. The maximum Gasteiger partial charge on any atom is -1.00 e. The molecule has 0 spiro atoms. The number of benzene rings is 4. The molecule has 6 rings (SSSR count). The van der Waals surface area contributed by atoms with E-state index in [2.05, 4.69) is 210 Å². The number of hydrogen-bond donors (Lipinski definition) is 0. The number of fused-ring (bicyclic) bond motifs is 3. The Morgan fingerprint density at radius 2 is 0.845 bits per heavy atom. The Labute approximate surface area is 374 Å². The average Bonchev–Trinajstić information content (AvgIpc) is 3.65. The van der Waals surface area contributed by atoms with Crippen molar-refractivity contribution in [3.05, 3.63) is 149 Å². The van der Waals surface area contributed by atoms with Gasteiger partial charge in [0.05, 0.1) is 0 Å². The normalized spacial score (nSPS) is 15.7. The van der Waals surface area contributed by atoms with Crippen LogP contribution in [-0.4, -0.2) is 3.21 Å². The number of allylic oxidation sites excluding steroid dienone is 4. The molecule has 0 radical (unpaired) electrons. The number of rotatable bonds is 5. The molecule has 58 heavy (non-hydrogen) atoms. The van der Waals surface area contributed by atoms with Crippen LogP contribution in [0.1, 0.15) is 176 Å². The van der Waals surface area contributed by atoms with Gasteiger partial charge in [-0.25, -0.2) is 0 Å². The molecule has 310 valence electrons. The minimum atomic E-state index is -3.07. The summed E-state index contributed by atoms with van der Waals surface area (Å²) in [5.41, 5.74) is 19.2. The van der Waals surface area contributed by atoms with Gasteiger partial charge in [0, 0.05) is 0 Å². The monoisotopic (exact) mass is 892 g/mol. The summed E-state index contributed by atoms with van der Waals surface area (Å²) in [6.45, 7) is 43.2. The van der Waals surface area contributed by atoms with E-state index in [9.17, 15) is 0 Å². The molecular weight excluding hydrogens is 823 g/mol. The van der Waals surface area contributed by atoms with Crippen LogP contribution in [0.4, 0.5) is 0 Å². The van der Waals surface area contributed by atoms with Crippen LogP contribution in [0.15, 0.2) is 93.8 Å². The quantitative estimate of drug-likeness (QED) is 0.188. The molecule has 1 unspecified atom stereocenters. The molecule has 0 aromatic heterocycles. The van der Waals surface area contributed by atoms with Crippen molar-refractivity contribution in [2.75, 3.05) is 0 Å². The van der Waals surface area contributed by atoms with E-state index >= 15 is 0 Å². The summed E-state index contributed by atoms with van der Waals surface area (Å²) in [5.74, 6) is 0.448. The number of halogens is 2. The van der Waals surface area contributed by atoms with Gasteiger partial charge in [0.25, 0.3) is 0 Å². The third kappa shape index (κ3) is 9.44. The largest absolute Gasteiger partial charge is 1.00 e. The molecule has 2 aliphatic rings. The Morgan fingerprint density at radius 1 is 0.500 bits per heavy atom. The van der Waals surface area contributed by atoms with E-state index in [-0.39, 0.29) is 51.9 Å². The zero-order valence-electron chi connectivity index (χ0n) is 39.2. The van der Waals surface area contributed by atoms with E-state index in [1.54, 1.807) is 17.6 Å². The van der Waals surface area contributed by atoms with E-state index < -0.39 is 21.3 Å². The Hall–Kier alpha value is -2.31. The first kappa shape index (κ1) is 48.4. The average molecular weight is 895 g/mol. The topological polar surface area (TPSA) is 0 Å². The van der Waals surface area contributed by atoms with Gasteiger partial charge in [0.2, 0.25) is 0 Å². The molecule has 2 aliphatic carbocycles. The van der Waals surface area contributed by atoms with Crippen molar-refractivity contribution < 1.29 is 46.1 Å². The zero-order valence-corrected chi connectivity index (χ0v) is 43.2. The van der Waals surface area contributed by atoms with Crippen LogP contribution in [0.5, 0.6) is 0 Å². The first-order chi connectivity index (χ1) is 25.7. The fourth-order valence-electron chi connectivity index (χ4n) is 9.22. The molecule has 0 amide bonds. The second-order valence-corrected chi connectivity index (χ2v) is 28.5. The van der Waals surface area contributed by atoms with Crippen LogP contribution >= 0.6 is 0 Å². The van der Waals surface area contributed by atoms with E-state index in [1.165, 1.54) is 61.2 Å². The second kappa shape index (κ2) is 16.9. The van der Waals surface area contributed by atoms with Gasteiger partial charge in [-0.2, -0.15) is 0 Å². The summed E-state index contributed by atoms with van der Waals surface area (Å²) in [6, 6.07) is 30.0. The van der Waals surface area contributed by atoms with E-state index in [0.717, 1.165) is 6.42 Å². The van der Waals surface area contributed by atoms with E-state index in [4.69, 9.17) is 0 Å². The third-order valence-corrected chi connectivity index (χ3v) is 21.0. The molecule has 0 nitrogen and oxygen atoms in total. The predicted molar refractivity (Wildman–Crippen MR) is 243 cm³/mol. The Kier molecular flexibility index (Phi) is 14.1. The Balaban J connectivity index is 0.00000372. The van der Waals surface area contributed by atoms with Gasteiger partial charge in [0.15, 0.2) is 0 Å². The van der Waals surface area contributed by atoms with Crippen molar-refractivity contribution in [2.24, 2.45) is 11.3 Å². The predicted octanol–water partition coefficient (Wildman–Crippen LogP) is 9.35. The second-order valence-electron chi connectivity index (χ2n) is 22.4. The van der Waals surface area contributed by atoms with Crippen LogP contribution in [0.3, 0.4) is 0 Å². The Morgan fingerprint density at radius 3 is 1.16 bits per heavy atom. The molecule has 0 fully saturated rings. The summed E-state index contributed by atoms with van der Waals surface area (Å²) in [7, 11) is 0. The van der Waals surface area contributed by atoms with Gasteiger partial charge in [-0.15, -0.1) is 0 Å². The van der Waals surface area contributed by atoms with Gasteiger partial charge in [-0.1, -0.05) is 0 Å². The van der Waals surface area contributed by atoms with Crippen molar-refractivity contribution in [2.45, 2.75) is 156 Å². The fraction of sp³-hybridized carbons (Fsp3) is 0.473. The molecule has 1 atom stereocenters. The summed E-state index contributed by atoms with van der Waals surface area (Å²) < 4.78 is 3.73. The molecule has 0 heterocycles. The van der Waals surface area contributed by atoms with Gasteiger partial charge in [0.1, 0.15) is 0 Å². The molecule has 4 aromatic rings. The van der Waals surface area contributed by atoms with Gasteiger partial charge in [-0.05, 0) is 0 Å². The van der Waals surface area contributed by atoms with Crippen LogP contribution in [0.25, 0.3) is 11.1 Å². The van der Waals surface area contributed by atoms with Gasteiger partial charge < -0.3 is 24.8 Å². The zero-order chi connectivity index (χ0) is 41.5. The van der Waals surface area contributed by atoms with Crippen molar-refractivity contribution in [3.63, 3.8) is 0 Å². The minimum absolute atomic E-state index is 0. The third-order valence-electron chi connectivity index (χ3n) is 12.5. The van der Waals surface area contributed by atoms with Crippen molar-refractivity contribution in [1.82, 2.24) is 0 Å². The summed E-state index contributed by atoms with van der Waals surface area (Å²) in [5, 5.41) is 0. The maximum absolute atomic E-state index is 3.07. The molecule has 0 N–H and O–H groups in total. The van der Waals surface area contributed by atoms with E-state index in [1.807, 2.05) is 0 Å². The van der Waals surface area contributed by atoms with Crippen molar-refractivity contribution in [3.8, 4) is 11.1 Å². The first-order valence-electron chi connectivity index (χ1n) is 21.4. The molecule has 0 aliphatic heterocycles. The molecule has 0 bridgehead atoms. The maximum atomic E-state index is 2.73. The molecular formula is C55H72Cl2Zr. The molecule has 3 heteroatoms. The van der Waals surface area contributed by atoms with Crippen molar-refractivity contribution >= 4 is 3.21 Å². The van der Waals surface area contributed by atoms with Gasteiger partial charge >= 0.3 is 353 Å². The van der Waals surface area contributed by atoms with Crippen molar-refractivity contribution in [1.29, 1.82) is 0 Å². The number of aryl methyl sites for hydroxylation is 2. The van der Waals surface area contributed by atoms with Crippen LogP contribution in [0, 0.1) is 25.2 Å². The number of hydrogen-bond acceptors (Lipinski definition) is 0. The van der Waals surface area contributed by atoms with Gasteiger partial charge in [-0.3, -0.25) is 0 Å². The Bertz CT molecular complexity index is 2110. The van der Waals surface area contributed by atoms with Crippen LogP contribution in [-0.2, 0) is 42.9 Å². The van der Waals surface area contributed by atoms with Crippen LogP contribution in [0.2, 0.25) is 0 Å². The standard InChI is InChI=1S/C29H41.C15H14.C11H17.2ClH.Zr/c1-26(2,3)22-14-18-13-19-15-23(27(4,5)6)25(29(10,11)12)17-21(19)20(18)16-24(22)28(7,8)9;1-12-3-7-14(8-4-12)11-15-9-5-13(2)6-10-15;1-5-9-6-7-10(8-9)11(2,3)4;;;/h13-17H,1-12H3;3-10H,1-2H3;7-9H,5H2,1-4H3;2*1H;/q;;;;;+2/p-2. The summed E-state index contributed by atoms with van der Waals surface area (Å²) in [6.07, 6.45) is 6.52. The first-order valence-corrected chi connectivity index (χ1v) is 25.3.